The molecular weight excluding hydrogens is 352 g/mol. The van der Waals surface area contributed by atoms with Crippen molar-refractivity contribution in [1.29, 1.82) is 0 Å². The van der Waals surface area contributed by atoms with Crippen LogP contribution in [0.4, 0.5) is 0 Å². The maximum atomic E-state index is 13.5. The van der Waals surface area contributed by atoms with Gasteiger partial charge < -0.3 is 14.5 Å². The van der Waals surface area contributed by atoms with Crippen molar-refractivity contribution in [2.24, 2.45) is 5.92 Å². The van der Waals surface area contributed by atoms with Gasteiger partial charge in [0.1, 0.15) is 5.75 Å². The van der Waals surface area contributed by atoms with Crippen molar-refractivity contribution in [1.82, 2.24) is 9.80 Å². The largest absolute Gasteiger partial charge is 0.497 e. The number of likely N-dealkylation sites (tertiary alicyclic amines) is 1. The smallest absolute Gasteiger partial charge is 0.228 e. The minimum Gasteiger partial charge on any atom is -0.497 e. The number of carbonyl (C=O) groups is 2. The number of hydrogen-bond donors (Lipinski definition) is 0. The zero-order chi connectivity index (χ0) is 19.7. The first-order valence-corrected chi connectivity index (χ1v) is 9.82. The summed E-state index contributed by atoms with van der Waals surface area (Å²) in [5.41, 5.74) is 3.60. The molecule has 2 aliphatic heterocycles. The molecule has 0 radical (unpaired) electrons. The predicted molar refractivity (Wildman–Crippen MR) is 107 cm³/mol. The fourth-order valence-corrected chi connectivity index (χ4v) is 4.44. The molecule has 0 spiro atoms. The van der Waals surface area contributed by atoms with Crippen LogP contribution in [0.5, 0.6) is 5.75 Å². The van der Waals surface area contributed by atoms with E-state index in [1.54, 1.807) is 18.9 Å². The van der Waals surface area contributed by atoms with Crippen molar-refractivity contribution in [2.45, 2.75) is 25.8 Å². The summed E-state index contributed by atoms with van der Waals surface area (Å²) in [6.45, 7) is 4.01. The van der Waals surface area contributed by atoms with Crippen LogP contribution in [0.1, 0.15) is 29.5 Å². The molecule has 0 bridgehead atoms. The Bertz CT molecular complexity index is 895. The molecule has 2 aromatic carbocycles. The molecule has 2 unspecified atom stereocenters. The molecule has 2 amide bonds. The molecule has 1 fully saturated rings. The van der Waals surface area contributed by atoms with Gasteiger partial charge in [-0.25, -0.2) is 0 Å². The first-order chi connectivity index (χ1) is 13.6. The summed E-state index contributed by atoms with van der Waals surface area (Å²) >= 11 is 0. The van der Waals surface area contributed by atoms with Crippen LogP contribution in [-0.4, -0.2) is 48.4 Å². The summed E-state index contributed by atoms with van der Waals surface area (Å²) in [5, 5.41) is 0. The molecule has 2 heterocycles. The number of ether oxygens (including phenoxy) is 1. The third kappa shape index (κ3) is 3.49. The lowest BCUT2D eigenvalue weighted by molar-refractivity contribution is -0.136. The SMILES string of the molecule is COc1cccc(C2CN(C(C)=O)CC2C(=O)N2CCc3ccccc3C2)c1. The number of rotatable bonds is 3. The van der Waals surface area contributed by atoms with Gasteiger partial charge in [-0.2, -0.15) is 0 Å². The molecule has 5 heteroatoms. The molecule has 4 rings (SSSR count). The van der Waals surface area contributed by atoms with Crippen LogP contribution in [0.3, 0.4) is 0 Å². The minimum atomic E-state index is -0.221. The molecule has 28 heavy (non-hydrogen) atoms. The Morgan fingerprint density at radius 3 is 2.54 bits per heavy atom. The average Bonchev–Trinajstić information content (AvgIpc) is 3.19. The van der Waals surface area contributed by atoms with E-state index in [9.17, 15) is 9.59 Å². The lowest BCUT2D eigenvalue weighted by atomic mass is 9.87. The summed E-state index contributed by atoms with van der Waals surface area (Å²) in [6, 6.07) is 16.2. The quantitative estimate of drug-likeness (QED) is 0.825. The van der Waals surface area contributed by atoms with E-state index in [2.05, 4.69) is 18.2 Å². The molecule has 146 valence electrons. The van der Waals surface area contributed by atoms with E-state index >= 15 is 0 Å². The Labute approximate surface area is 165 Å². The van der Waals surface area contributed by atoms with Crippen LogP contribution >= 0.6 is 0 Å². The van der Waals surface area contributed by atoms with Gasteiger partial charge in [-0.3, -0.25) is 9.59 Å². The van der Waals surface area contributed by atoms with E-state index < -0.39 is 0 Å². The summed E-state index contributed by atoms with van der Waals surface area (Å²) in [6.07, 6.45) is 0.884. The highest BCUT2D eigenvalue weighted by molar-refractivity contribution is 5.83. The van der Waals surface area contributed by atoms with E-state index in [0.29, 0.717) is 19.6 Å². The van der Waals surface area contributed by atoms with Gasteiger partial charge in [0.15, 0.2) is 0 Å². The van der Waals surface area contributed by atoms with Crippen molar-refractivity contribution in [3.8, 4) is 5.75 Å². The zero-order valence-corrected chi connectivity index (χ0v) is 16.4. The average molecular weight is 378 g/mol. The van der Waals surface area contributed by atoms with Crippen LogP contribution in [0.15, 0.2) is 48.5 Å². The first-order valence-electron chi connectivity index (χ1n) is 9.82. The molecule has 0 aliphatic carbocycles. The van der Waals surface area contributed by atoms with Crippen LogP contribution in [0.25, 0.3) is 0 Å². The topological polar surface area (TPSA) is 49.9 Å². The Morgan fingerprint density at radius 1 is 1.00 bits per heavy atom. The highest BCUT2D eigenvalue weighted by Gasteiger charge is 2.41. The molecule has 2 aromatic rings. The van der Waals surface area contributed by atoms with Gasteiger partial charge in [-0.05, 0) is 35.2 Å². The summed E-state index contributed by atoms with van der Waals surface area (Å²) in [7, 11) is 1.64. The summed E-state index contributed by atoms with van der Waals surface area (Å²) in [4.78, 5) is 29.3. The van der Waals surface area contributed by atoms with Crippen molar-refractivity contribution in [2.75, 3.05) is 26.7 Å². The molecule has 1 saturated heterocycles. The first kappa shape index (κ1) is 18.5. The number of fused-ring (bicyclic) bond motifs is 1. The second kappa shape index (κ2) is 7.66. The Kier molecular flexibility index (Phi) is 5.07. The number of methoxy groups -OCH3 is 1. The Morgan fingerprint density at radius 2 is 1.79 bits per heavy atom. The zero-order valence-electron chi connectivity index (χ0n) is 16.4. The highest BCUT2D eigenvalue weighted by Crippen LogP contribution is 2.36. The standard InChI is InChI=1S/C23H26N2O3/c1-16(26)25-14-21(18-8-5-9-20(12-18)28-2)22(15-25)23(27)24-11-10-17-6-3-4-7-19(17)13-24/h3-9,12,21-22H,10-11,13-15H2,1-2H3. The van der Waals surface area contributed by atoms with Crippen LogP contribution in [0.2, 0.25) is 0 Å². The maximum absolute atomic E-state index is 13.5. The predicted octanol–water partition coefficient (Wildman–Crippen LogP) is 2.84. The van der Waals surface area contributed by atoms with E-state index in [4.69, 9.17) is 4.74 Å². The third-order valence-corrected chi connectivity index (χ3v) is 6.05. The van der Waals surface area contributed by atoms with Crippen molar-refractivity contribution in [3.05, 3.63) is 65.2 Å². The van der Waals surface area contributed by atoms with Crippen molar-refractivity contribution in [3.63, 3.8) is 0 Å². The molecule has 0 N–H and O–H groups in total. The lowest BCUT2D eigenvalue weighted by Gasteiger charge is -2.32. The van der Waals surface area contributed by atoms with Crippen LogP contribution in [-0.2, 0) is 22.6 Å². The van der Waals surface area contributed by atoms with Crippen LogP contribution < -0.4 is 4.74 Å². The molecular formula is C23H26N2O3. The maximum Gasteiger partial charge on any atom is 0.228 e. The molecule has 2 aliphatic rings. The second-order valence-electron chi connectivity index (χ2n) is 7.69. The van der Waals surface area contributed by atoms with E-state index in [-0.39, 0.29) is 23.7 Å². The number of nitrogens with zero attached hydrogens (tertiary/aromatic N) is 2. The third-order valence-electron chi connectivity index (χ3n) is 6.05. The van der Waals surface area contributed by atoms with Gasteiger partial charge in [-0.15, -0.1) is 0 Å². The number of hydrogen-bond acceptors (Lipinski definition) is 3. The van der Waals surface area contributed by atoms with Gasteiger partial charge in [0.25, 0.3) is 0 Å². The molecule has 0 saturated carbocycles. The van der Waals surface area contributed by atoms with E-state index in [1.165, 1.54) is 11.1 Å². The van der Waals surface area contributed by atoms with Gasteiger partial charge >= 0.3 is 0 Å². The molecule has 0 aromatic heterocycles. The van der Waals surface area contributed by atoms with Gasteiger partial charge in [-0.1, -0.05) is 36.4 Å². The lowest BCUT2D eigenvalue weighted by Crippen LogP contribution is -2.42. The normalized spacial score (nSPS) is 21.4. The Balaban J connectivity index is 1.60. The number of carbonyl (C=O) groups excluding carboxylic acids is 2. The fourth-order valence-electron chi connectivity index (χ4n) is 4.44. The minimum absolute atomic E-state index is 0.0105. The number of benzene rings is 2. The molecule has 2 atom stereocenters. The second-order valence-corrected chi connectivity index (χ2v) is 7.69. The van der Waals surface area contributed by atoms with Gasteiger partial charge in [0, 0.05) is 39.0 Å². The van der Waals surface area contributed by atoms with Crippen molar-refractivity contribution < 1.29 is 14.3 Å². The fraction of sp³-hybridized carbons (Fsp3) is 0.391. The number of amides is 2. The van der Waals surface area contributed by atoms with Gasteiger partial charge in [0.05, 0.1) is 13.0 Å². The van der Waals surface area contributed by atoms with E-state index in [0.717, 1.165) is 24.3 Å². The Hall–Kier alpha value is -2.82. The van der Waals surface area contributed by atoms with Crippen LogP contribution in [0, 0.1) is 5.92 Å². The van der Waals surface area contributed by atoms with Crippen molar-refractivity contribution >= 4 is 11.8 Å². The monoisotopic (exact) mass is 378 g/mol. The van der Waals surface area contributed by atoms with Gasteiger partial charge in [0.2, 0.25) is 11.8 Å². The van der Waals surface area contributed by atoms with E-state index in [1.807, 2.05) is 35.2 Å². The summed E-state index contributed by atoms with van der Waals surface area (Å²) in [5.74, 6) is 0.708. The summed E-state index contributed by atoms with van der Waals surface area (Å²) < 4.78 is 5.36. The molecule has 5 nitrogen and oxygen atoms in total. The highest BCUT2D eigenvalue weighted by atomic mass is 16.5.